The first-order valence-electron chi connectivity index (χ1n) is 24.3. The van der Waals surface area contributed by atoms with Crippen molar-refractivity contribution >= 4 is 140 Å². The minimum Gasteiger partial charge on any atom is -0.489 e. The van der Waals surface area contributed by atoms with Crippen LogP contribution in [-0.4, -0.2) is 58.3 Å². The van der Waals surface area contributed by atoms with Gasteiger partial charge in [0.05, 0.1) is 0 Å². The molecule has 9 aromatic rings. The maximum absolute atomic E-state index is 11.7. The summed E-state index contributed by atoms with van der Waals surface area (Å²) in [6.45, 7) is 6.02. The lowest BCUT2D eigenvalue weighted by Gasteiger charge is -2.31. The Morgan fingerprint density at radius 1 is 0.513 bits per heavy atom. The zero-order chi connectivity index (χ0) is 47.9. The number of hydrogen-bond acceptors (Lipinski definition) is 4. The van der Waals surface area contributed by atoms with Crippen LogP contribution in [-0.2, 0) is 11.8 Å². The largest absolute Gasteiger partial charge is 0.489 e. The van der Waals surface area contributed by atoms with E-state index in [1.54, 1.807) is 0 Å². The van der Waals surface area contributed by atoms with Gasteiger partial charge in [-0.2, -0.15) is 0 Å². The molecular weight excluding hydrogens is 1030 g/mol. The number of aryl methyl sites for hydroxylation is 1. The summed E-state index contributed by atoms with van der Waals surface area (Å²) in [6, 6.07) is 57.8. The number of halogens is 1. The highest BCUT2D eigenvalue weighted by Gasteiger charge is 2.31. The number of allylic oxidation sites excluding steroid dienone is 1. The number of ketones is 1. The van der Waals surface area contributed by atoms with Crippen molar-refractivity contribution in [2.75, 3.05) is 24.2 Å². The van der Waals surface area contributed by atoms with Gasteiger partial charge in [0.15, 0.2) is 5.78 Å². The van der Waals surface area contributed by atoms with Crippen molar-refractivity contribution < 1.29 is 9.53 Å². The summed E-state index contributed by atoms with van der Waals surface area (Å²) in [5.74, 6) is 2.37. The Kier molecular flexibility index (Phi) is 26.9. The van der Waals surface area contributed by atoms with E-state index in [1.807, 2.05) is 36.0 Å². The molecule has 0 aromatic heterocycles. The van der Waals surface area contributed by atoms with Crippen molar-refractivity contribution in [3.8, 4) is 5.75 Å². The fraction of sp³-hybridized carbons (Fsp3) is 0.203. The van der Waals surface area contributed by atoms with E-state index in [0.29, 0.717) is 13.0 Å². The van der Waals surface area contributed by atoms with E-state index in [-0.39, 0.29) is 74.6 Å². The Hall–Kier alpha value is -6.66. The van der Waals surface area contributed by atoms with Crippen molar-refractivity contribution in [2.45, 2.75) is 79.5 Å². The van der Waals surface area contributed by atoms with E-state index in [4.69, 9.17) is 4.74 Å². The van der Waals surface area contributed by atoms with Crippen LogP contribution in [0.3, 0.4) is 0 Å². The molecule has 3 aliphatic heterocycles. The summed E-state index contributed by atoms with van der Waals surface area (Å²) in [6.07, 6.45) is 21.4. The molecule has 9 aromatic carbocycles. The number of carbonyl (C=O) groups excluding carboxylic acids is 1. The molecule has 2 aliphatic carbocycles. The normalized spacial score (nSPS) is 13.5. The van der Waals surface area contributed by atoms with Gasteiger partial charge in [-0.05, 0) is 156 Å². The van der Waals surface area contributed by atoms with E-state index in [9.17, 15) is 4.79 Å². The molecule has 3 nitrogen and oxygen atoms in total. The van der Waals surface area contributed by atoms with Gasteiger partial charge in [0.25, 0.3) is 0 Å². The summed E-state index contributed by atoms with van der Waals surface area (Å²) < 4.78 is 6.53. The smallest absolute Gasteiger partial charge is 0.163 e. The predicted molar refractivity (Wildman–Crippen MR) is 356 cm³/mol. The molecule has 0 saturated heterocycles. The summed E-state index contributed by atoms with van der Waals surface area (Å²) in [5.41, 5.74) is 10.2. The minimum atomic E-state index is 0. The van der Waals surface area contributed by atoms with Gasteiger partial charge in [-0.1, -0.05) is 211 Å². The first-order valence-corrected chi connectivity index (χ1v) is 26.1. The van der Waals surface area contributed by atoms with Gasteiger partial charge in [-0.25, -0.2) is 0 Å². The maximum Gasteiger partial charge on any atom is 0.163 e. The average Bonchev–Trinajstić information content (AvgIpc) is 3.41. The zero-order valence-corrected chi connectivity index (χ0v) is 44.5. The number of fused-ring (bicyclic) bond motifs is 9. The Morgan fingerprint density at radius 3 is 1.64 bits per heavy atom. The second-order valence-corrected chi connectivity index (χ2v) is 20.8. The first-order chi connectivity index (χ1) is 34.2. The molecule has 78 heavy (non-hydrogen) atoms. The van der Waals surface area contributed by atoms with Crippen LogP contribution in [0, 0.1) is 0 Å². The SMILES string of the molecule is C.C.C.C.C1=Cc2cc3ccccc3cc2CC1.C1=Cc2cc3ccccc3cc2NC1.C1=Cc2cc3ccccc3cc2OC1.C1=Cc2cc3ccccc3cc2SC1.CC1(C)CCC(=O)c2cc(Br)ccc21.[B].[B].[B].[B]. The summed E-state index contributed by atoms with van der Waals surface area (Å²) in [5, 5.41) is 13.9. The first kappa shape index (κ1) is 67.4. The number of carbonyl (C=O) groups is 1. The van der Waals surface area contributed by atoms with Crippen LogP contribution < -0.4 is 10.1 Å². The third-order valence-electron chi connectivity index (χ3n) is 13.5. The molecule has 0 atom stereocenters. The van der Waals surface area contributed by atoms with Crippen molar-refractivity contribution in [2.24, 2.45) is 0 Å². The minimum absolute atomic E-state index is 0. The average molecular weight is 1100 g/mol. The molecule has 3 heterocycles. The van der Waals surface area contributed by atoms with Crippen molar-refractivity contribution in [3.05, 3.63) is 232 Å². The molecule has 0 spiro atoms. The number of hydrogen-bond donors (Lipinski definition) is 1. The molecular formula is C69H72B4BrNO2S. The number of rotatable bonds is 0. The quantitative estimate of drug-likeness (QED) is 0.154. The summed E-state index contributed by atoms with van der Waals surface area (Å²) in [7, 11) is 0. The van der Waals surface area contributed by atoms with E-state index in [1.165, 1.54) is 99.9 Å². The van der Waals surface area contributed by atoms with Crippen molar-refractivity contribution in [1.29, 1.82) is 0 Å². The molecule has 0 unspecified atom stereocenters. The molecule has 12 radical (unpaired) electrons. The molecule has 0 amide bonds. The molecule has 14 rings (SSSR count). The van der Waals surface area contributed by atoms with Gasteiger partial charge in [-0.3, -0.25) is 4.79 Å². The molecule has 9 heteroatoms. The molecule has 1 N–H and O–H groups in total. The van der Waals surface area contributed by atoms with Gasteiger partial charge < -0.3 is 10.1 Å². The molecule has 390 valence electrons. The highest BCUT2D eigenvalue weighted by atomic mass is 79.9. The predicted octanol–water partition coefficient (Wildman–Crippen LogP) is 19.0. The summed E-state index contributed by atoms with van der Waals surface area (Å²) >= 11 is 5.32. The molecule has 5 aliphatic rings. The second kappa shape index (κ2) is 31.1. The second-order valence-electron chi connectivity index (χ2n) is 18.8. The van der Waals surface area contributed by atoms with Gasteiger partial charge in [0, 0.05) is 78.6 Å². The standard InChI is InChI=1S/C14H12.C13H11N.C13H10O.C13H10S.C12H13BrO.4CH4.4B/c1-2-6-12-10-14-8-4-3-7-13(14)9-11(12)5-1;3*1-2-5-11-9-13-12(6-3-7-14-13)8-10(11)4-1;1-12(2)6-5-11(14)9-7-8(13)3-4-10(9)12;;;;;;;;/h1-3,5-7,9-10H,4,8H2;1-6,8-9,14H,7H2;2*1-6,8-9H,7H2;3-4,7H,5-6H2,1-2H3;4*1H4;;;;. The fourth-order valence-corrected chi connectivity index (χ4v) is 10.9. The maximum atomic E-state index is 11.7. The number of thioether (sulfide) groups is 1. The third-order valence-corrected chi connectivity index (χ3v) is 15.0. The number of Topliss-reactive ketones (excluding diaryl/α,β-unsaturated/α-hetero) is 1. The van der Waals surface area contributed by atoms with E-state index in [2.05, 4.69) is 223 Å². The summed E-state index contributed by atoms with van der Waals surface area (Å²) in [4.78, 5) is 13.1. The topological polar surface area (TPSA) is 38.3 Å². The van der Waals surface area contributed by atoms with Gasteiger partial charge in [-0.15, -0.1) is 11.8 Å². The lowest BCUT2D eigenvalue weighted by Crippen LogP contribution is -2.27. The number of anilines is 1. The molecule has 0 bridgehead atoms. The fourth-order valence-electron chi connectivity index (χ4n) is 9.67. The van der Waals surface area contributed by atoms with Crippen LogP contribution in [0.2, 0.25) is 0 Å². The highest BCUT2D eigenvalue weighted by Crippen LogP contribution is 2.38. The van der Waals surface area contributed by atoms with Crippen LogP contribution in [0.4, 0.5) is 5.69 Å². The van der Waals surface area contributed by atoms with Gasteiger partial charge in [0.2, 0.25) is 0 Å². The Balaban J connectivity index is 0.000000325. The Bertz CT molecular complexity index is 3160. The number of nitrogens with one attached hydrogen (secondary N) is 1. The van der Waals surface area contributed by atoms with E-state index < -0.39 is 0 Å². The van der Waals surface area contributed by atoms with E-state index >= 15 is 0 Å². The molecule has 0 saturated carbocycles. The van der Waals surface area contributed by atoms with Crippen LogP contribution in [0.25, 0.3) is 67.4 Å². The van der Waals surface area contributed by atoms with Crippen LogP contribution in [0.1, 0.15) is 107 Å². The van der Waals surface area contributed by atoms with E-state index in [0.717, 1.165) is 34.5 Å². The monoisotopic (exact) mass is 1100 g/mol. The third kappa shape index (κ3) is 16.0. The van der Waals surface area contributed by atoms with Crippen molar-refractivity contribution in [3.63, 3.8) is 0 Å². The highest BCUT2D eigenvalue weighted by molar-refractivity contribution is 9.10. The van der Waals surface area contributed by atoms with Crippen LogP contribution in [0.15, 0.2) is 197 Å². The zero-order valence-electron chi connectivity index (χ0n) is 42.1. The Labute approximate surface area is 487 Å². The Morgan fingerprint density at radius 2 is 1.01 bits per heavy atom. The molecule has 0 fully saturated rings. The van der Waals surface area contributed by atoms with Crippen LogP contribution in [0.5, 0.6) is 5.75 Å². The lowest BCUT2D eigenvalue weighted by atomic mass is 9.72. The van der Waals surface area contributed by atoms with Crippen LogP contribution >= 0.6 is 27.7 Å². The number of benzene rings is 9. The lowest BCUT2D eigenvalue weighted by molar-refractivity contribution is 0.0956. The van der Waals surface area contributed by atoms with Crippen molar-refractivity contribution in [1.82, 2.24) is 0 Å². The number of ether oxygens (including phenoxy) is 1. The van der Waals surface area contributed by atoms with Gasteiger partial charge >= 0.3 is 0 Å². The van der Waals surface area contributed by atoms with Gasteiger partial charge in [0.1, 0.15) is 12.4 Å².